The first kappa shape index (κ1) is 19.9. The van der Waals surface area contributed by atoms with E-state index in [1.807, 2.05) is 35.2 Å². The lowest BCUT2D eigenvalue weighted by Gasteiger charge is -2.22. The molecular weight excluding hydrogens is 359 g/mol. The zero-order valence-electron chi connectivity index (χ0n) is 15.9. The topological polar surface area (TPSA) is 49.9 Å². The molecule has 6 heteroatoms. The highest BCUT2D eigenvalue weighted by Gasteiger charge is 2.22. The quantitative estimate of drug-likeness (QED) is 0.718. The monoisotopic (exact) mass is 384 g/mol. The van der Waals surface area contributed by atoms with Gasteiger partial charge in [-0.3, -0.25) is 9.59 Å². The van der Waals surface area contributed by atoms with E-state index in [9.17, 15) is 14.0 Å². The van der Waals surface area contributed by atoms with E-state index in [1.54, 1.807) is 4.90 Å². The minimum atomic E-state index is -0.361. The molecule has 1 saturated heterocycles. The first-order valence-corrected chi connectivity index (χ1v) is 9.64. The lowest BCUT2D eigenvalue weighted by molar-refractivity contribution is -0.131. The number of benzene rings is 2. The van der Waals surface area contributed by atoms with Crippen molar-refractivity contribution in [2.24, 2.45) is 0 Å². The summed E-state index contributed by atoms with van der Waals surface area (Å²) in [6.45, 7) is 2.75. The minimum absolute atomic E-state index is 0.0905. The van der Waals surface area contributed by atoms with Crippen LogP contribution in [0.4, 0.5) is 4.39 Å². The van der Waals surface area contributed by atoms with Crippen molar-refractivity contribution in [3.63, 3.8) is 0 Å². The number of amides is 2. The predicted molar refractivity (Wildman–Crippen MR) is 105 cm³/mol. The molecule has 1 aliphatic heterocycles. The number of hydrogen-bond donors (Lipinski definition) is 0. The number of para-hydroxylation sites is 1. The molecule has 28 heavy (non-hydrogen) atoms. The minimum Gasteiger partial charge on any atom is -0.494 e. The average molecular weight is 384 g/mol. The van der Waals surface area contributed by atoms with E-state index in [1.165, 1.54) is 24.3 Å². The summed E-state index contributed by atoms with van der Waals surface area (Å²) in [6.07, 6.45) is 1.82. The Morgan fingerprint density at radius 1 is 0.893 bits per heavy atom. The Morgan fingerprint density at radius 2 is 1.57 bits per heavy atom. The number of halogens is 1. The summed E-state index contributed by atoms with van der Waals surface area (Å²) in [4.78, 5) is 28.6. The van der Waals surface area contributed by atoms with Crippen LogP contribution in [0.3, 0.4) is 0 Å². The van der Waals surface area contributed by atoms with Gasteiger partial charge in [0.15, 0.2) is 0 Å². The number of hydrogen-bond acceptors (Lipinski definition) is 3. The SMILES string of the molecule is O=C(CCCOc1ccccc1)N1CCCN(C(=O)c2ccc(F)cc2)CC1. The molecule has 2 aromatic carbocycles. The third kappa shape index (κ3) is 5.55. The molecule has 0 radical (unpaired) electrons. The maximum absolute atomic E-state index is 13.0. The summed E-state index contributed by atoms with van der Waals surface area (Å²) in [7, 11) is 0. The summed E-state index contributed by atoms with van der Waals surface area (Å²) in [5.74, 6) is 0.415. The van der Waals surface area contributed by atoms with Crippen molar-refractivity contribution >= 4 is 11.8 Å². The second-order valence-electron chi connectivity index (χ2n) is 6.80. The maximum atomic E-state index is 13.0. The Labute approximate surface area is 164 Å². The molecule has 3 rings (SSSR count). The summed E-state index contributed by atoms with van der Waals surface area (Å²) >= 11 is 0. The van der Waals surface area contributed by atoms with Crippen LogP contribution in [0.15, 0.2) is 54.6 Å². The summed E-state index contributed by atoms with van der Waals surface area (Å²) < 4.78 is 18.7. The summed E-state index contributed by atoms with van der Waals surface area (Å²) in [5.41, 5.74) is 0.472. The normalized spacial score (nSPS) is 14.5. The molecule has 0 N–H and O–H groups in total. The highest BCUT2D eigenvalue weighted by Crippen LogP contribution is 2.12. The number of nitrogens with zero attached hydrogens (tertiary/aromatic N) is 2. The molecule has 2 amide bonds. The van der Waals surface area contributed by atoms with Crippen molar-refractivity contribution in [2.45, 2.75) is 19.3 Å². The molecule has 5 nitrogen and oxygen atoms in total. The highest BCUT2D eigenvalue weighted by atomic mass is 19.1. The maximum Gasteiger partial charge on any atom is 0.253 e. The molecule has 0 bridgehead atoms. The van der Waals surface area contributed by atoms with Gasteiger partial charge in [0.05, 0.1) is 6.61 Å². The van der Waals surface area contributed by atoms with Gasteiger partial charge in [-0.15, -0.1) is 0 Å². The highest BCUT2D eigenvalue weighted by molar-refractivity contribution is 5.94. The van der Waals surface area contributed by atoms with E-state index >= 15 is 0 Å². The molecule has 0 atom stereocenters. The van der Waals surface area contributed by atoms with Crippen LogP contribution in [0.2, 0.25) is 0 Å². The van der Waals surface area contributed by atoms with Crippen molar-refractivity contribution in [1.82, 2.24) is 9.80 Å². The fraction of sp³-hybridized carbons (Fsp3) is 0.364. The number of rotatable bonds is 6. The molecular formula is C22H25FN2O3. The van der Waals surface area contributed by atoms with E-state index in [0.717, 1.165) is 12.2 Å². The largest absolute Gasteiger partial charge is 0.494 e. The second kappa shape index (κ2) is 9.88. The summed E-state index contributed by atoms with van der Waals surface area (Å²) in [5, 5.41) is 0. The van der Waals surface area contributed by atoms with Gasteiger partial charge in [0.25, 0.3) is 5.91 Å². The Bertz CT molecular complexity index is 780. The Kier molecular flexibility index (Phi) is 7.00. The van der Waals surface area contributed by atoms with Crippen LogP contribution in [-0.2, 0) is 4.79 Å². The smallest absolute Gasteiger partial charge is 0.253 e. The Morgan fingerprint density at radius 3 is 2.32 bits per heavy atom. The van der Waals surface area contributed by atoms with Crippen molar-refractivity contribution in [2.75, 3.05) is 32.8 Å². The number of ether oxygens (including phenoxy) is 1. The average Bonchev–Trinajstić information content (AvgIpc) is 2.98. The first-order chi connectivity index (χ1) is 13.6. The van der Waals surface area contributed by atoms with Crippen LogP contribution in [0.1, 0.15) is 29.6 Å². The zero-order valence-corrected chi connectivity index (χ0v) is 15.9. The van der Waals surface area contributed by atoms with Crippen molar-refractivity contribution < 1.29 is 18.7 Å². The molecule has 1 fully saturated rings. The van der Waals surface area contributed by atoms with Crippen LogP contribution < -0.4 is 4.74 Å². The molecule has 0 unspecified atom stereocenters. The molecule has 0 saturated carbocycles. The van der Waals surface area contributed by atoms with Gasteiger partial charge in [0.1, 0.15) is 11.6 Å². The van der Waals surface area contributed by atoms with E-state index in [-0.39, 0.29) is 17.6 Å². The molecule has 0 aliphatic carbocycles. The molecule has 1 heterocycles. The number of carbonyl (C=O) groups excluding carboxylic acids is 2. The van der Waals surface area contributed by atoms with E-state index < -0.39 is 0 Å². The van der Waals surface area contributed by atoms with Gasteiger partial charge in [-0.1, -0.05) is 18.2 Å². The fourth-order valence-corrected chi connectivity index (χ4v) is 3.23. The Balaban J connectivity index is 1.43. The summed E-state index contributed by atoms with van der Waals surface area (Å²) in [6, 6.07) is 15.1. The van der Waals surface area contributed by atoms with Gasteiger partial charge in [0.2, 0.25) is 5.91 Å². The van der Waals surface area contributed by atoms with Gasteiger partial charge in [0, 0.05) is 38.2 Å². The van der Waals surface area contributed by atoms with Gasteiger partial charge < -0.3 is 14.5 Å². The fourth-order valence-electron chi connectivity index (χ4n) is 3.23. The number of carbonyl (C=O) groups is 2. The van der Waals surface area contributed by atoms with Crippen LogP contribution in [0.25, 0.3) is 0 Å². The molecule has 0 spiro atoms. The van der Waals surface area contributed by atoms with E-state index in [4.69, 9.17) is 4.74 Å². The molecule has 1 aliphatic rings. The second-order valence-corrected chi connectivity index (χ2v) is 6.80. The molecule has 148 valence electrons. The standard InChI is InChI=1S/C22H25FN2O3/c23-19-11-9-18(10-12-19)22(27)25-14-5-13-24(15-16-25)21(26)8-4-17-28-20-6-2-1-3-7-20/h1-3,6-7,9-12H,4-5,8,13-17H2. The van der Waals surface area contributed by atoms with Crippen molar-refractivity contribution in [1.29, 1.82) is 0 Å². The van der Waals surface area contributed by atoms with Gasteiger partial charge in [-0.25, -0.2) is 4.39 Å². The molecule has 2 aromatic rings. The first-order valence-electron chi connectivity index (χ1n) is 9.64. The zero-order chi connectivity index (χ0) is 19.8. The lowest BCUT2D eigenvalue weighted by Crippen LogP contribution is -2.37. The van der Waals surface area contributed by atoms with E-state index in [2.05, 4.69) is 0 Å². The van der Waals surface area contributed by atoms with Crippen molar-refractivity contribution in [3.05, 3.63) is 66.0 Å². The Hall–Kier alpha value is -2.89. The van der Waals surface area contributed by atoms with Crippen LogP contribution in [-0.4, -0.2) is 54.4 Å². The van der Waals surface area contributed by atoms with Crippen LogP contribution in [0, 0.1) is 5.82 Å². The third-order valence-corrected chi connectivity index (χ3v) is 4.77. The third-order valence-electron chi connectivity index (χ3n) is 4.77. The van der Waals surface area contributed by atoms with Crippen LogP contribution in [0.5, 0.6) is 5.75 Å². The molecule has 0 aromatic heterocycles. The lowest BCUT2D eigenvalue weighted by atomic mass is 10.2. The van der Waals surface area contributed by atoms with Gasteiger partial charge in [-0.05, 0) is 49.2 Å². The predicted octanol–water partition coefficient (Wildman–Crippen LogP) is 3.36. The van der Waals surface area contributed by atoms with Crippen molar-refractivity contribution in [3.8, 4) is 5.75 Å². The van der Waals surface area contributed by atoms with Gasteiger partial charge >= 0.3 is 0 Å². The van der Waals surface area contributed by atoms with Crippen LogP contribution >= 0.6 is 0 Å². The van der Waals surface area contributed by atoms with E-state index in [0.29, 0.717) is 51.2 Å². The van der Waals surface area contributed by atoms with Gasteiger partial charge in [-0.2, -0.15) is 0 Å².